The van der Waals surface area contributed by atoms with Crippen LogP contribution in [0.3, 0.4) is 0 Å². The van der Waals surface area contributed by atoms with Gasteiger partial charge in [-0.25, -0.2) is 14.4 Å². The molecule has 2 N–H and O–H groups in total. The molecular formula is C19H34N2O7S. The highest BCUT2D eigenvalue weighted by atomic mass is 32.2. The predicted molar refractivity (Wildman–Crippen MR) is 111 cm³/mol. The maximum atomic E-state index is 12.0. The van der Waals surface area contributed by atoms with E-state index in [2.05, 4.69) is 10.6 Å². The minimum atomic E-state index is -0.938. The fourth-order valence-electron chi connectivity index (χ4n) is 2.14. The van der Waals surface area contributed by atoms with Crippen LogP contribution in [0.2, 0.25) is 0 Å². The van der Waals surface area contributed by atoms with Gasteiger partial charge < -0.3 is 24.8 Å². The number of thioether (sulfide) groups is 1. The van der Waals surface area contributed by atoms with Gasteiger partial charge in [-0.3, -0.25) is 4.79 Å². The number of hydrogen-bond donors (Lipinski definition) is 2. The zero-order chi connectivity index (χ0) is 22.8. The molecule has 168 valence electrons. The summed E-state index contributed by atoms with van der Waals surface area (Å²) in [6, 6.07) is -0.938. The maximum absolute atomic E-state index is 12.0. The molecule has 0 fully saturated rings. The van der Waals surface area contributed by atoms with Crippen molar-refractivity contribution < 1.29 is 33.4 Å². The van der Waals surface area contributed by atoms with Gasteiger partial charge in [-0.15, -0.1) is 0 Å². The Morgan fingerprint density at radius 3 is 1.86 bits per heavy atom. The third-order valence-corrected chi connectivity index (χ3v) is 4.23. The number of alkyl carbamates (subject to hydrolysis) is 2. The van der Waals surface area contributed by atoms with Crippen LogP contribution in [0.1, 0.15) is 61.3 Å². The fraction of sp³-hybridized carbons (Fsp3) is 0.789. The van der Waals surface area contributed by atoms with Gasteiger partial charge in [0.15, 0.2) is 5.12 Å². The topological polar surface area (TPSA) is 120 Å². The van der Waals surface area contributed by atoms with Gasteiger partial charge in [-0.05, 0) is 54.4 Å². The van der Waals surface area contributed by atoms with E-state index in [1.807, 2.05) is 0 Å². The SMILES string of the molecule is COC(=O)C(CCC(CNC(=O)OC(C)(C)C)SC(C)=O)NC(=O)OC(C)(C)C. The molecule has 0 spiro atoms. The molecule has 0 aromatic heterocycles. The molecule has 0 bridgehead atoms. The quantitative estimate of drug-likeness (QED) is 0.442. The van der Waals surface area contributed by atoms with Crippen LogP contribution < -0.4 is 10.6 Å². The van der Waals surface area contributed by atoms with Gasteiger partial charge in [0.05, 0.1) is 7.11 Å². The summed E-state index contributed by atoms with van der Waals surface area (Å²) < 4.78 is 15.1. The average molecular weight is 435 g/mol. The van der Waals surface area contributed by atoms with Crippen molar-refractivity contribution in [3.63, 3.8) is 0 Å². The zero-order valence-electron chi connectivity index (χ0n) is 18.5. The molecule has 0 rings (SSSR count). The van der Waals surface area contributed by atoms with E-state index >= 15 is 0 Å². The molecule has 2 amide bonds. The van der Waals surface area contributed by atoms with Crippen molar-refractivity contribution in [3.05, 3.63) is 0 Å². The van der Waals surface area contributed by atoms with Gasteiger partial charge >= 0.3 is 18.2 Å². The third-order valence-electron chi connectivity index (χ3n) is 3.16. The van der Waals surface area contributed by atoms with E-state index in [9.17, 15) is 19.2 Å². The van der Waals surface area contributed by atoms with Crippen molar-refractivity contribution in [2.45, 2.75) is 83.8 Å². The molecule has 0 saturated heterocycles. The monoisotopic (exact) mass is 434 g/mol. The van der Waals surface area contributed by atoms with Gasteiger partial charge in [0.25, 0.3) is 0 Å². The minimum Gasteiger partial charge on any atom is -0.467 e. The molecule has 0 aromatic carbocycles. The van der Waals surface area contributed by atoms with Crippen LogP contribution in [0.5, 0.6) is 0 Å². The molecular weight excluding hydrogens is 400 g/mol. The Balaban J connectivity index is 4.91. The van der Waals surface area contributed by atoms with Crippen molar-refractivity contribution in [2.75, 3.05) is 13.7 Å². The van der Waals surface area contributed by atoms with Crippen molar-refractivity contribution in [1.82, 2.24) is 10.6 Å². The Hall–Kier alpha value is -1.97. The van der Waals surface area contributed by atoms with Crippen LogP contribution >= 0.6 is 11.8 Å². The molecule has 29 heavy (non-hydrogen) atoms. The average Bonchev–Trinajstić information content (AvgIpc) is 2.51. The highest BCUT2D eigenvalue weighted by molar-refractivity contribution is 8.14. The Kier molecular flexibility index (Phi) is 11.1. The molecule has 0 heterocycles. The second-order valence-electron chi connectivity index (χ2n) is 8.41. The number of methoxy groups -OCH3 is 1. The van der Waals surface area contributed by atoms with Crippen LogP contribution in [-0.4, -0.2) is 59.4 Å². The molecule has 0 aliphatic heterocycles. The van der Waals surface area contributed by atoms with Crippen LogP contribution in [0.15, 0.2) is 0 Å². The Labute approximate surface area is 177 Å². The number of ether oxygens (including phenoxy) is 3. The van der Waals surface area contributed by atoms with E-state index in [0.29, 0.717) is 6.42 Å². The van der Waals surface area contributed by atoms with Gasteiger partial charge in [0, 0.05) is 18.7 Å². The molecule has 0 aromatic rings. The molecule has 0 radical (unpaired) electrons. The number of esters is 1. The lowest BCUT2D eigenvalue weighted by molar-refractivity contribution is -0.143. The van der Waals surface area contributed by atoms with Crippen LogP contribution in [-0.2, 0) is 23.8 Å². The van der Waals surface area contributed by atoms with E-state index < -0.39 is 35.4 Å². The second kappa shape index (κ2) is 11.9. The summed E-state index contributed by atoms with van der Waals surface area (Å²) in [6.45, 7) is 12.0. The lowest BCUT2D eigenvalue weighted by Crippen LogP contribution is -2.44. The first-order valence-electron chi connectivity index (χ1n) is 9.34. The second-order valence-corrected chi connectivity index (χ2v) is 9.89. The maximum Gasteiger partial charge on any atom is 0.408 e. The van der Waals surface area contributed by atoms with E-state index in [4.69, 9.17) is 14.2 Å². The van der Waals surface area contributed by atoms with Crippen molar-refractivity contribution in [2.24, 2.45) is 0 Å². The first-order valence-corrected chi connectivity index (χ1v) is 10.2. The van der Waals surface area contributed by atoms with E-state index in [1.165, 1.54) is 14.0 Å². The van der Waals surface area contributed by atoms with E-state index in [0.717, 1.165) is 11.8 Å². The van der Waals surface area contributed by atoms with E-state index in [-0.39, 0.29) is 23.3 Å². The Morgan fingerprint density at radius 2 is 1.41 bits per heavy atom. The number of hydrogen-bond acceptors (Lipinski definition) is 8. The summed E-state index contributed by atoms with van der Waals surface area (Å²) >= 11 is 1.04. The zero-order valence-corrected chi connectivity index (χ0v) is 19.4. The van der Waals surface area contributed by atoms with Crippen molar-refractivity contribution in [1.29, 1.82) is 0 Å². The number of carbonyl (C=O) groups excluding carboxylic acids is 4. The highest BCUT2D eigenvalue weighted by Crippen LogP contribution is 2.19. The summed E-state index contributed by atoms with van der Waals surface area (Å²) in [5.41, 5.74) is -1.35. The molecule has 2 atom stereocenters. The summed E-state index contributed by atoms with van der Waals surface area (Å²) in [6.07, 6.45) is -0.777. The Bertz CT molecular complexity index is 582. The lowest BCUT2D eigenvalue weighted by atomic mass is 10.1. The predicted octanol–water partition coefficient (Wildman–Crippen LogP) is 3.01. The summed E-state index contributed by atoms with van der Waals surface area (Å²) in [5, 5.41) is 4.67. The number of carbonyl (C=O) groups is 4. The molecule has 9 nitrogen and oxygen atoms in total. The number of amides is 2. The number of rotatable bonds is 8. The normalized spacial score (nSPS) is 13.7. The summed E-state index contributed by atoms with van der Waals surface area (Å²) in [5.74, 6) is -0.623. The fourth-order valence-corrected chi connectivity index (χ4v) is 3.03. The van der Waals surface area contributed by atoms with Gasteiger partial charge in [-0.2, -0.15) is 0 Å². The largest absolute Gasteiger partial charge is 0.467 e. The van der Waals surface area contributed by atoms with Gasteiger partial charge in [0.2, 0.25) is 0 Å². The first kappa shape index (κ1) is 27.0. The standard InChI is InChI=1S/C19H34N2O7S/c1-12(22)29-13(11-20-16(24)27-18(2,3)4)9-10-14(15(23)26-8)21-17(25)28-19(5,6)7/h13-14H,9-11H2,1-8H3,(H,20,24)(H,21,25). The first-order chi connectivity index (χ1) is 13.1. The molecule has 0 saturated carbocycles. The number of nitrogens with one attached hydrogen (secondary N) is 2. The van der Waals surface area contributed by atoms with Crippen molar-refractivity contribution in [3.8, 4) is 0 Å². The van der Waals surface area contributed by atoms with Gasteiger partial charge in [-0.1, -0.05) is 11.8 Å². The Morgan fingerprint density at radius 1 is 0.897 bits per heavy atom. The summed E-state index contributed by atoms with van der Waals surface area (Å²) in [7, 11) is 1.22. The summed E-state index contributed by atoms with van der Waals surface area (Å²) in [4.78, 5) is 47.4. The lowest BCUT2D eigenvalue weighted by Gasteiger charge is -2.24. The van der Waals surface area contributed by atoms with Crippen LogP contribution in [0.25, 0.3) is 0 Å². The smallest absolute Gasteiger partial charge is 0.408 e. The molecule has 10 heteroatoms. The van der Waals surface area contributed by atoms with Crippen molar-refractivity contribution >= 4 is 35.0 Å². The third kappa shape index (κ3) is 14.7. The van der Waals surface area contributed by atoms with E-state index in [1.54, 1.807) is 41.5 Å². The highest BCUT2D eigenvalue weighted by Gasteiger charge is 2.27. The van der Waals surface area contributed by atoms with Crippen LogP contribution in [0, 0.1) is 0 Å². The molecule has 2 unspecified atom stereocenters. The van der Waals surface area contributed by atoms with Crippen LogP contribution in [0.4, 0.5) is 9.59 Å². The minimum absolute atomic E-state index is 0.129. The molecule has 0 aliphatic rings. The van der Waals surface area contributed by atoms with Gasteiger partial charge in [0.1, 0.15) is 17.2 Å². The molecule has 0 aliphatic carbocycles.